The molecule has 1 aliphatic rings. The van der Waals surface area contributed by atoms with E-state index in [4.69, 9.17) is 0 Å². The zero-order valence-electron chi connectivity index (χ0n) is 10.5. The Kier molecular flexibility index (Phi) is 4.57. The molecule has 0 unspecified atom stereocenters. The molecule has 20 heavy (non-hydrogen) atoms. The number of ether oxygens (including phenoxy) is 1. The molecule has 1 N–H and O–H groups in total. The van der Waals surface area contributed by atoms with Crippen molar-refractivity contribution >= 4 is 21.8 Å². The van der Waals surface area contributed by atoms with Gasteiger partial charge in [-0.3, -0.25) is 4.79 Å². The number of carbonyl (C=O) groups excluding carboxylic acids is 1. The molecule has 0 radical (unpaired) electrons. The molecule has 1 fully saturated rings. The Bertz CT molecular complexity index is 501. The average Bonchev–Trinajstić information content (AvgIpc) is 2.25. The van der Waals surface area contributed by atoms with Crippen LogP contribution in [0.25, 0.3) is 0 Å². The van der Waals surface area contributed by atoms with Gasteiger partial charge in [-0.2, -0.15) is 0 Å². The van der Waals surface area contributed by atoms with Gasteiger partial charge in [-0.05, 0) is 31.4 Å². The maximum absolute atomic E-state index is 12.3. The van der Waals surface area contributed by atoms with Crippen LogP contribution >= 0.6 is 15.9 Å². The zero-order valence-corrected chi connectivity index (χ0v) is 12.1. The first-order valence-electron chi connectivity index (χ1n) is 6.17. The van der Waals surface area contributed by atoms with Crippen LogP contribution in [0, 0.1) is 0 Å². The lowest BCUT2D eigenvalue weighted by atomic mass is 9.93. The van der Waals surface area contributed by atoms with Gasteiger partial charge in [-0.15, -0.1) is 13.2 Å². The highest BCUT2D eigenvalue weighted by Gasteiger charge is 2.32. The lowest BCUT2D eigenvalue weighted by molar-refractivity contribution is -0.274. The van der Waals surface area contributed by atoms with E-state index in [1.807, 2.05) is 0 Å². The van der Waals surface area contributed by atoms with Crippen LogP contribution < -0.4 is 10.1 Å². The van der Waals surface area contributed by atoms with Gasteiger partial charge >= 0.3 is 6.36 Å². The van der Waals surface area contributed by atoms with Crippen LogP contribution in [0.2, 0.25) is 0 Å². The van der Waals surface area contributed by atoms with E-state index >= 15 is 0 Å². The number of alkyl halides is 3. The van der Waals surface area contributed by atoms with E-state index in [2.05, 4.69) is 26.0 Å². The van der Waals surface area contributed by atoms with Crippen molar-refractivity contribution in [1.29, 1.82) is 0 Å². The number of hydrogen-bond acceptors (Lipinski definition) is 2. The Morgan fingerprint density at radius 1 is 1.40 bits per heavy atom. The predicted molar refractivity (Wildman–Crippen MR) is 70.3 cm³/mol. The number of rotatable bonds is 4. The van der Waals surface area contributed by atoms with Crippen molar-refractivity contribution in [1.82, 2.24) is 5.32 Å². The molecular weight excluding hydrogens is 339 g/mol. The molecule has 0 spiro atoms. The van der Waals surface area contributed by atoms with E-state index in [1.165, 1.54) is 12.1 Å². The SMILES string of the molecule is O=C(Cc1ccc(Br)cc1OC(F)(F)F)NC1CCC1. The van der Waals surface area contributed by atoms with Crippen molar-refractivity contribution in [2.24, 2.45) is 0 Å². The van der Waals surface area contributed by atoms with Gasteiger partial charge in [-0.1, -0.05) is 22.0 Å². The summed E-state index contributed by atoms with van der Waals surface area (Å²) in [5, 5.41) is 2.78. The third-order valence-electron chi connectivity index (χ3n) is 3.08. The molecule has 0 saturated heterocycles. The minimum atomic E-state index is -4.78. The summed E-state index contributed by atoms with van der Waals surface area (Å²) in [5.74, 6) is -0.639. The van der Waals surface area contributed by atoms with Crippen molar-refractivity contribution in [3.05, 3.63) is 28.2 Å². The Balaban J connectivity index is 2.07. The molecule has 1 aliphatic carbocycles. The summed E-state index contributed by atoms with van der Waals surface area (Å²) in [6.45, 7) is 0. The van der Waals surface area contributed by atoms with Crippen LogP contribution in [0.5, 0.6) is 5.75 Å². The summed E-state index contributed by atoms with van der Waals surface area (Å²) in [4.78, 5) is 11.8. The third kappa shape index (κ3) is 4.40. The number of hydrogen-bond donors (Lipinski definition) is 1. The van der Waals surface area contributed by atoms with Gasteiger partial charge < -0.3 is 10.1 Å². The summed E-state index contributed by atoms with van der Waals surface area (Å²) in [5.41, 5.74) is 0.211. The molecule has 1 saturated carbocycles. The first-order chi connectivity index (χ1) is 9.33. The molecular formula is C13H13BrF3NO2. The largest absolute Gasteiger partial charge is 0.573 e. The number of benzene rings is 1. The molecule has 1 aromatic rings. The molecule has 0 heterocycles. The van der Waals surface area contributed by atoms with E-state index in [0.29, 0.717) is 4.47 Å². The van der Waals surface area contributed by atoms with Crippen LogP contribution in [0.1, 0.15) is 24.8 Å². The van der Waals surface area contributed by atoms with Crippen molar-refractivity contribution in [3.8, 4) is 5.75 Å². The van der Waals surface area contributed by atoms with Crippen LogP contribution in [0.4, 0.5) is 13.2 Å². The average molecular weight is 352 g/mol. The second kappa shape index (κ2) is 6.03. The first-order valence-corrected chi connectivity index (χ1v) is 6.96. The minimum Gasteiger partial charge on any atom is -0.405 e. The van der Waals surface area contributed by atoms with Gasteiger partial charge in [0.2, 0.25) is 5.91 Å². The maximum Gasteiger partial charge on any atom is 0.573 e. The van der Waals surface area contributed by atoms with E-state index in [0.717, 1.165) is 19.3 Å². The summed E-state index contributed by atoms with van der Waals surface area (Å²) in [6, 6.07) is 4.39. The van der Waals surface area contributed by atoms with Crippen molar-refractivity contribution in [2.75, 3.05) is 0 Å². The van der Waals surface area contributed by atoms with Gasteiger partial charge in [0, 0.05) is 16.1 Å². The molecule has 0 aromatic heterocycles. The van der Waals surface area contributed by atoms with Gasteiger partial charge in [0.05, 0.1) is 6.42 Å². The van der Waals surface area contributed by atoms with E-state index in [9.17, 15) is 18.0 Å². The Morgan fingerprint density at radius 2 is 2.10 bits per heavy atom. The highest BCUT2D eigenvalue weighted by Crippen LogP contribution is 2.30. The van der Waals surface area contributed by atoms with Crippen molar-refractivity contribution < 1.29 is 22.7 Å². The van der Waals surface area contributed by atoms with Crippen molar-refractivity contribution in [2.45, 2.75) is 38.1 Å². The number of nitrogens with one attached hydrogen (secondary N) is 1. The monoisotopic (exact) mass is 351 g/mol. The summed E-state index contributed by atoms with van der Waals surface area (Å²) >= 11 is 3.08. The Morgan fingerprint density at radius 3 is 2.65 bits per heavy atom. The third-order valence-corrected chi connectivity index (χ3v) is 3.57. The molecule has 7 heteroatoms. The van der Waals surface area contributed by atoms with E-state index in [1.54, 1.807) is 6.07 Å². The molecule has 0 aliphatic heterocycles. The van der Waals surface area contributed by atoms with E-state index in [-0.39, 0.29) is 29.7 Å². The van der Waals surface area contributed by atoms with Crippen LogP contribution in [-0.2, 0) is 11.2 Å². The molecule has 1 amide bonds. The molecule has 1 aromatic carbocycles. The zero-order chi connectivity index (χ0) is 14.8. The second-order valence-corrected chi connectivity index (χ2v) is 5.59. The second-order valence-electron chi connectivity index (χ2n) is 4.67. The first kappa shape index (κ1) is 15.2. The molecule has 110 valence electrons. The van der Waals surface area contributed by atoms with Gasteiger partial charge in [0.15, 0.2) is 0 Å². The quantitative estimate of drug-likeness (QED) is 0.900. The lowest BCUT2D eigenvalue weighted by Gasteiger charge is -2.26. The number of carbonyl (C=O) groups is 1. The Hall–Kier alpha value is -1.24. The molecule has 0 atom stereocenters. The van der Waals surface area contributed by atoms with Gasteiger partial charge in [0.25, 0.3) is 0 Å². The fraction of sp³-hybridized carbons (Fsp3) is 0.462. The smallest absolute Gasteiger partial charge is 0.405 e. The van der Waals surface area contributed by atoms with Gasteiger partial charge in [0.1, 0.15) is 5.75 Å². The fourth-order valence-electron chi connectivity index (χ4n) is 1.90. The normalized spacial score (nSPS) is 15.6. The fourth-order valence-corrected chi connectivity index (χ4v) is 2.24. The predicted octanol–water partition coefficient (Wildman–Crippen LogP) is 3.56. The van der Waals surface area contributed by atoms with Crippen LogP contribution in [0.3, 0.4) is 0 Å². The highest BCUT2D eigenvalue weighted by molar-refractivity contribution is 9.10. The number of amides is 1. The van der Waals surface area contributed by atoms with Crippen LogP contribution in [0.15, 0.2) is 22.7 Å². The summed E-state index contributed by atoms with van der Waals surface area (Å²) in [6.07, 6.45) is -1.98. The summed E-state index contributed by atoms with van der Waals surface area (Å²) < 4.78 is 41.4. The minimum absolute atomic E-state index is 0.130. The molecule has 2 rings (SSSR count). The van der Waals surface area contributed by atoms with Crippen LogP contribution in [-0.4, -0.2) is 18.3 Å². The maximum atomic E-state index is 12.3. The topological polar surface area (TPSA) is 38.3 Å². The highest BCUT2D eigenvalue weighted by atomic mass is 79.9. The van der Waals surface area contributed by atoms with Crippen molar-refractivity contribution in [3.63, 3.8) is 0 Å². The van der Waals surface area contributed by atoms with Gasteiger partial charge in [-0.25, -0.2) is 0 Å². The standard InChI is InChI=1S/C13H13BrF3NO2/c14-9-5-4-8(11(7-9)20-13(15,16)17)6-12(19)18-10-2-1-3-10/h4-5,7,10H,1-3,6H2,(H,18,19). The molecule has 3 nitrogen and oxygen atoms in total. The Labute approximate surface area is 122 Å². The van der Waals surface area contributed by atoms with E-state index < -0.39 is 6.36 Å². The molecule has 0 bridgehead atoms. The number of halogens is 4. The lowest BCUT2D eigenvalue weighted by Crippen LogP contribution is -2.40. The summed E-state index contributed by atoms with van der Waals surface area (Å²) in [7, 11) is 0.